The molecule has 0 saturated carbocycles. The Bertz CT molecular complexity index is 373. The minimum absolute atomic E-state index is 0.243. The zero-order valence-electron chi connectivity index (χ0n) is 10.9. The van der Waals surface area contributed by atoms with Crippen LogP contribution in [0.25, 0.3) is 0 Å². The molecule has 94 valence electrons. The summed E-state index contributed by atoms with van der Waals surface area (Å²) >= 11 is 0. The Hall–Kier alpha value is -1.42. The molecule has 4 heteroatoms. The number of rotatable bonds is 6. The van der Waals surface area contributed by atoms with Crippen LogP contribution in [0.5, 0.6) is 0 Å². The second kappa shape index (κ2) is 6.35. The molecule has 0 saturated heterocycles. The van der Waals surface area contributed by atoms with Gasteiger partial charge < -0.3 is 5.73 Å². The molecule has 0 atom stereocenters. The summed E-state index contributed by atoms with van der Waals surface area (Å²) in [5.74, 6) is 0.243. The second-order valence-corrected chi connectivity index (χ2v) is 4.61. The standard InChI is InChI=1S/C13H22N4/c1-10(2)17(8-7-13(14)15)9-12-6-4-5-11(3)16-12/h4-6,10H,7-9H2,1-3H3,(H3,14,15). The number of nitrogens with one attached hydrogen (secondary N) is 1. The SMILES string of the molecule is Cc1cccc(CN(CCC(=N)N)C(C)C)n1. The Labute approximate surface area is 103 Å². The van der Waals surface area contributed by atoms with E-state index in [9.17, 15) is 0 Å². The van der Waals surface area contributed by atoms with Crippen LogP contribution >= 0.6 is 0 Å². The summed E-state index contributed by atoms with van der Waals surface area (Å²) < 4.78 is 0. The fraction of sp³-hybridized carbons (Fsp3) is 0.538. The smallest absolute Gasteiger partial charge is 0.0918 e. The highest BCUT2D eigenvalue weighted by molar-refractivity contribution is 5.76. The van der Waals surface area contributed by atoms with Gasteiger partial charge in [0.1, 0.15) is 0 Å². The normalized spacial score (nSPS) is 11.1. The van der Waals surface area contributed by atoms with Gasteiger partial charge in [0.2, 0.25) is 0 Å². The molecule has 1 rings (SSSR count). The lowest BCUT2D eigenvalue weighted by Gasteiger charge is -2.25. The third-order valence-electron chi connectivity index (χ3n) is 2.71. The van der Waals surface area contributed by atoms with E-state index in [1.54, 1.807) is 0 Å². The van der Waals surface area contributed by atoms with Crippen LogP contribution in [0.15, 0.2) is 18.2 Å². The van der Waals surface area contributed by atoms with Gasteiger partial charge in [-0.05, 0) is 32.9 Å². The number of hydrogen-bond donors (Lipinski definition) is 2. The number of nitrogens with two attached hydrogens (primary N) is 1. The van der Waals surface area contributed by atoms with Crippen molar-refractivity contribution in [3.05, 3.63) is 29.6 Å². The van der Waals surface area contributed by atoms with Crippen molar-refractivity contribution in [1.29, 1.82) is 5.41 Å². The lowest BCUT2D eigenvalue weighted by atomic mass is 10.2. The number of pyridine rings is 1. The van der Waals surface area contributed by atoms with Gasteiger partial charge >= 0.3 is 0 Å². The van der Waals surface area contributed by atoms with E-state index in [0.29, 0.717) is 12.5 Å². The molecule has 0 fully saturated rings. The monoisotopic (exact) mass is 234 g/mol. The molecule has 0 spiro atoms. The van der Waals surface area contributed by atoms with Crippen LogP contribution < -0.4 is 5.73 Å². The third kappa shape index (κ3) is 4.95. The zero-order valence-corrected chi connectivity index (χ0v) is 10.9. The first-order valence-electron chi connectivity index (χ1n) is 5.98. The number of nitrogens with zero attached hydrogens (tertiary/aromatic N) is 2. The number of amidine groups is 1. The molecule has 1 aromatic heterocycles. The zero-order chi connectivity index (χ0) is 12.8. The Morgan fingerprint density at radius 3 is 2.71 bits per heavy atom. The van der Waals surface area contributed by atoms with E-state index in [1.807, 2.05) is 25.1 Å². The molecule has 0 aliphatic heterocycles. The van der Waals surface area contributed by atoms with Crippen molar-refractivity contribution in [2.24, 2.45) is 5.73 Å². The third-order valence-corrected chi connectivity index (χ3v) is 2.71. The van der Waals surface area contributed by atoms with Crippen LogP contribution in [0.3, 0.4) is 0 Å². The topological polar surface area (TPSA) is 66.0 Å². The molecule has 17 heavy (non-hydrogen) atoms. The molecular formula is C13H22N4. The molecule has 4 nitrogen and oxygen atoms in total. The van der Waals surface area contributed by atoms with Crippen molar-refractivity contribution >= 4 is 5.84 Å². The molecule has 0 bridgehead atoms. The largest absolute Gasteiger partial charge is 0.388 e. The van der Waals surface area contributed by atoms with Crippen LogP contribution in [-0.2, 0) is 6.54 Å². The van der Waals surface area contributed by atoms with E-state index in [4.69, 9.17) is 11.1 Å². The lowest BCUT2D eigenvalue weighted by molar-refractivity contribution is 0.216. The number of aromatic nitrogens is 1. The predicted molar refractivity (Wildman–Crippen MR) is 71.1 cm³/mol. The van der Waals surface area contributed by atoms with Crippen LogP contribution in [-0.4, -0.2) is 28.3 Å². The highest BCUT2D eigenvalue weighted by Crippen LogP contribution is 2.07. The Kier molecular flexibility index (Phi) is 5.10. The van der Waals surface area contributed by atoms with Crippen LogP contribution in [0.1, 0.15) is 31.7 Å². The number of aryl methyl sites for hydroxylation is 1. The molecule has 0 aliphatic carbocycles. The highest BCUT2D eigenvalue weighted by atomic mass is 15.2. The average molecular weight is 234 g/mol. The van der Waals surface area contributed by atoms with Crippen molar-refractivity contribution in [3.63, 3.8) is 0 Å². The van der Waals surface area contributed by atoms with Gasteiger partial charge in [0.05, 0.1) is 11.5 Å². The molecule has 1 aromatic rings. The van der Waals surface area contributed by atoms with Gasteiger partial charge in [0.25, 0.3) is 0 Å². The van der Waals surface area contributed by atoms with E-state index < -0.39 is 0 Å². The summed E-state index contributed by atoms with van der Waals surface area (Å²) in [5, 5.41) is 7.28. The average Bonchev–Trinajstić information content (AvgIpc) is 2.23. The van der Waals surface area contributed by atoms with E-state index >= 15 is 0 Å². The molecule has 0 aliphatic rings. The van der Waals surface area contributed by atoms with E-state index in [-0.39, 0.29) is 5.84 Å². The second-order valence-electron chi connectivity index (χ2n) is 4.61. The molecule has 3 N–H and O–H groups in total. The van der Waals surface area contributed by atoms with Crippen molar-refractivity contribution in [3.8, 4) is 0 Å². The van der Waals surface area contributed by atoms with E-state index in [1.165, 1.54) is 0 Å². The fourth-order valence-electron chi connectivity index (χ4n) is 1.68. The van der Waals surface area contributed by atoms with Crippen LogP contribution in [0, 0.1) is 12.3 Å². The van der Waals surface area contributed by atoms with Gasteiger partial charge in [-0.25, -0.2) is 0 Å². The maximum Gasteiger partial charge on any atom is 0.0918 e. The molecule has 1 heterocycles. The van der Waals surface area contributed by atoms with Gasteiger partial charge in [0, 0.05) is 31.2 Å². The molecule has 0 unspecified atom stereocenters. The minimum atomic E-state index is 0.243. The first-order valence-corrected chi connectivity index (χ1v) is 5.98. The summed E-state index contributed by atoms with van der Waals surface area (Å²) in [4.78, 5) is 6.78. The Balaban J connectivity index is 2.63. The van der Waals surface area contributed by atoms with Crippen molar-refractivity contribution < 1.29 is 0 Å². The van der Waals surface area contributed by atoms with E-state index in [0.717, 1.165) is 24.5 Å². The summed E-state index contributed by atoms with van der Waals surface area (Å²) in [6, 6.07) is 6.49. The summed E-state index contributed by atoms with van der Waals surface area (Å²) in [6.07, 6.45) is 0.615. The first-order chi connectivity index (χ1) is 7.99. The Morgan fingerprint density at radius 1 is 1.47 bits per heavy atom. The predicted octanol–water partition coefficient (Wildman–Crippen LogP) is 1.93. The molecule has 0 amide bonds. The van der Waals surface area contributed by atoms with Gasteiger partial charge in [-0.15, -0.1) is 0 Å². The van der Waals surface area contributed by atoms with Gasteiger partial charge in [0.15, 0.2) is 0 Å². The summed E-state index contributed by atoms with van der Waals surface area (Å²) in [6.45, 7) is 7.92. The van der Waals surface area contributed by atoms with Crippen molar-refractivity contribution in [2.75, 3.05) is 6.54 Å². The van der Waals surface area contributed by atoms with Gasteiger partial charge in [-0.2, -0.15) is 0 Å². The fourth-order valence-corrected chi connectivity index (χ4v) is 1.68. The van der Waals surface area contributed by atoms with Crippen LogP contribution in [0.2, 0.25) is 0 Å². The van der Waals surface area contributed by atoms with Crippen molar-refractivity contribution in [1.82, 2.24) is 9.88 Å². The van der Waals surface area contributed by atoms with E-state index in [2.05, 4.69) is 23.7 Å². The highest BCUT2D eigenvalue weighted by Gasteiger charge is 2.11. The summed E-state index contributed by atoms with van der Waals surface area (Å²) in [7, 11) is 0. The maximum absolute atomic E-state index is 7.28. The summed E-state index contributed by atoms with van der Waals surface area (Å²) in [5.41, 5.74) is 7.51. The number of hydrogen-bond acceptors (Lipinski definition) is 3. The lowest BCUT2D eigenvalue weighted by Crippen LogP contribution is -2.33. The molecular weight excluding hydrogens is 212 g/mol. The minimum Gasteiger partial charge on any atom is -0.388 e. The molecule has 0 aromatic carbocycles. The maximum atomic E-state index is 7.28. The van der Waals surface area contributed by atoms with Gasteiger partial charge in [-0.3, -0.25) is 15.3 Å². The van der Waals surface area contributed by atoms with Crippen molar-refractivity contribution in [2.45, 2.75) is 39.8 Å². The van der Waals surface area contributed by atoms with Crippen LogP contribution in [0.4, 0.5) is 0 Å². The van der Waals surface area contributed by atoms with Gasteiger partial charge in [-0.1, -0.05) is 6.07 Å². The molecule has 0 radical (unpaired) electrons. The quantitative estimate of drug-likeness (QED) is 0.584. The first kappa shape index (κ1) is 13.6. The Morgan fingerprint density at radius 2 is 2.18 bits per heavy atom.